The van der Waals surface area contributed by atoms with E-state index in [1.807, 2.05) is 27.7 Å². The van der Waals surface area contributed by atoms with Crippen LogP contribution in [0.25, 0.3) is 0 Å². The highest BCUT2D eigenvalue weighted by atomic mass is 28.4. The van der Waals surface area contributed by atoms with Gasteiger partial charge in [0.15, 0.2) is 0 Å². The maximum absolute atomic E-state index is 10.3. The second kappa shape index (κ2) is 16.9. The predicted molar refractivity (Wildman–Crippen MR) is 113 cm³/mol. The van der Waals surface area contributed by atoms with Gasteiger partial charge in [0.1, 0.15) is 6.23 Å². The molecule has 0 bridgehead atoms. The van der Waals surface area contributed by atoms with Crippen LogP contribution < -0.4 is 0 Å². The summed E-state index contributed by atoms with van der Waals surface area (Å²) in [6, 6.07) is 0.735. The molecule has 0 aliphatic heterocycles. The first-order chi connectivity index (χ1) is 13.0. The summed E-state index contributed by atoms with van der Waals surface area (Å²) in [7, 11) is -2.62. The third-order valence-corrected chi connectivity index (χ3v) is 7.53. The third kappa shape index (κ3) is 11.5. The molecule has 0 aromatic rings. The molecule has 27 heavy (non-hydrogen) atoms. The highest BCUT2D eigenvalue weighted by Crippen LogP contribution is 2.19. The Labute approximate surface area is 168 Å². The van der Waals surface area contributed by atoms with Crippen molar-refractivity contribution >= 4 is 8.80 Å². The van der Waals surface area contributed by atoms with Crippen LogP contribution in [0.3, 0.4) is 0 Å². The van der Waals surface area contributed by atoms with Crippen LogP contribution >= 0.6 is 0 Å². The van der Waals surface area contributed by atoms with E-state index < -0.39 is 14.9 Å². The molecule has 0 radical (unpaired) electrons. The van der Waals surface area contributed by atoms with Crippen LogP contribution in [0, 0.1) is 0 Å². The van der Waals surface area contributed by atoms with Gasteiger partial charge in [-0.25, -0.2) is 0 Å². The lowest BCUT2D eigenvalue weighted by Gasteiger charge is -2.34. The number of aliphatic hydroxyl groups excluding tert-OH is 1. The molecule has 0 spiro atoms. The van der Waals surface area contributed by atoms with E-state index in [9.17, 15) is 5.11 Å². The molecule has 0 rings (SSSR count). The Morgan fingerprint density at radius 1 is 0.815 bits per heavy atom. The van der Waals surface area contributed by atoms with Gasteiger partial charge in [-0.1, -0.05) is 26.7 Å². The second-order valence-electron chi connectivity index (χ2n) is 6.83. The summed E-state index contributed by atoms with van der Waals surface area (Å²) >= 11 is 0. The quantitative estimate of drug-likeness (QED) is 0.198. The van der Waals surface area contributed by atoms with Crippen LogP contribution in [0.2, 0.25) is 6.04 Å². The molecule has 0 fully saturated rings. The Balaban J connectivity index is 4.72. The molecule has 0 aliphatic carbocycles. The van der Waals surface area contributed by atoms with Crippen molar-refractivity contribution in [2.24, 2.45) is 0 Å². The average molecular weight is 408 g/mol. The van der Waals surface area contributed by atoms with Gasteiger partial charge in [-0.3, -0.25) is 4.90 Å². The summed E-state index contributed by atoms with van der Waals surface area (Å²) in [5.41, 5.74) is 0. The van der Waals surface area contributed by atoms with Crippen LogP contribution in [-0.2, 0) is 18.0 Å². The van der Waals surface area contributed by atoms with E-state index in [4.69, 9.17) is 18.0 Å². The molecule has 0 saturated heterocycles. The molecule has 2 unspecified atom stereocenters. The fraction of sp³-hybridized carbons (Fsp3) is 1.00. The summed E-state index contributed by atoms with van der Waals surface area (Å²) in [6.45, 7) is 16.4. The highest BCUT2D eigenvalue weighted by molar-refractivity contribution is 6.60. The Morgan fingerprint density at radius 2 is 1.30 bits per heavy atom. The van der Waals surface area contributed by atoms with Crippen molar-refractivity contribution in [1.29, 1.82) is 0 Å². The highest BCUT2D eigenvalue weighted by Gasteiger charge is 2.39. The minimum atomic E-state index is -2.62. The van der Waals surface area contributed by atoms with E-state index in [2.05, 4.69) is 18.7 Å². The molecule has 2 atom stereocenters. The van der Waals surface area contributed by atoms with Crippen LogP contribution in [0.1, 0.15) is 73.6 Å². The van der Waals surface area contributed by atoms with Crippen molar-refractivity contribution < 1.29 is 23.1 Å². The smallest absolute Gasteiger partial charge is 0.389 e. The summed E-state index contributed by atoms with van der Waals surface area (Å²) in [6.07, 6.45) is 4.53. The predicted octanol–water partition coefficient (Wildman–Crippen LogP) is 4.05. The zero-order valence-electron chi connectivity index (χ0n) is 18.7. The van der Waals surface area contributed by atoms with Gasteiger partial charge in [-0.05, 0) is 47.0 Å². The lowest BCUT2D eigenvalue weighted by atomic mass is 10.2. The van der Waals surface area contributed by atoms with Crippen molar-refractivity contribution in [2.45, 2.75) is 92.0 Å². The maximum Gasteiger partial charge on any atom is 0.501 e. The number of rotatable bonds is 19. The van der Waals surface area contributed by atoms with Crippen LogP contribution in [-0.4, -0.2) is 70.7 Å². The first-order valence-electron chi connectivity index (χ1n) is 11.0. The van der Waals surface area contributed by atoms with Crippen LogP contribution in [0.4, 0.5) is 0 Å². The SMILES string of the molecule is CCCCN(CCCC)C(OCCC[Si](OCC)(OCC)OCC)C(C)O. The molecule has 0 aliphatic rings. The van der Waals surface area contributed by atoms with Crippen molar-refractivity contribution in [3.8, 4) is 0 Å². The first-order valence-corrected chi connectivity index (χ1v) is 12.9. The first kappa shape index (κ1) is 27.0. The molecular weight excluding hydrogens is 362 g/mol. The van der Waals surface area contributed by atoms with Gasteiger partial charge < -0.3 is 23.1 Å². The van der Waals surface area contributed by atoms with Gasteiger partial charge in [0.05, 0.1) is 6.10 Å². The molecule has 0 aromatic carbocycles. The molecule has 1 N–H and O–H groups in total. The van der Waals surface area contributed by atoms with E-state index in [1.165, 1.54) is 0 Å². The number of nitrogens with zero attached hydrogens (tertiary/aromatic N) is 1. The number of hydrogen-bond acceptors (Lipinski definition) is 6. The Bertz CT molecular complexity index is 308. The number of unbranched alkanes of at least 4 members (excludes halogenated alkanes) is 2. The van der Waals surface area contributed by atoms with Crippen LogP contribution in [0.5, 0.6) is 0 Å². The molecular formula is C20H45NO5Si. The van der Waals surface area contributed by atoms with Crippen molar-refractivity contribution in [3.05, 3.63) is 0 Å². The van der Waals surface area contributed by atoms with E-state index in [1.54, 1.807) is 0 Å². The van der Waals surface area contributed by atoms with Crippen molar-refractivity contribution in [3.63, 3.8) is 0 Å². The van der Waals surface area contributed by atoms with E-state index >= 15 is 0 Å². The van der Waals surface area contributed by atoms with E-state index in [-0.39, 0.29) is 6.23 Å². The zero-order chi connectivity index (χ0) is 20.5. The summed E-state index contributed by atoms with van der Waals surface area (Å²) in [5.74, 6) is 0. The number of ether oxygens (including phenoxy) is 1. The number of hydrogen-bond donors (Lipinski definition) is 1. The lowest BCUT2D eigenvalue weighted by Crippen LogP contribution is -2.47. The molecule has 0 amide bonds. The van der Waals surface area contributed by atoms with E-state index in [0.717, 1.165) is 51.2 Å². The standard InChI is InChI=1S/C20H45NO5Si/c1-7-12-15-21(16-13-8-2)20(19(6)22)23-17-14-18-27(24-9-3,25-10-4)26-11-5/h19-20,22H,7-18H2,1-6H3. The van der Waals surface area contributed by atoms with Crippen molar-refractivity contribution in [1.82, 2.24) is 4.90 Å². The Morgan fingerprint density at radius 3 is 1.67 bits per heavy atom. The van der Waals surface area contributed by atoms with Gasteiger partial charge >= 0.3 is 8.80 Å². The normalized spacial score (nSPS) is 14.7. The lowest BCUT2D eigenvalue weighted by molar-refractivity contribution is -0.120. The molecule has 0 saturated carbocycles. The van der Waals surface area contributed by atoms with Gasteiger partial charge in [0, 0.05) is 45.6 Å². The molecule has 6 nitrogen and oxygen atoms in total. The largest absolute Gasteiger partial charge is 0.501 e. The molecule has 0 heterocycles. The summed E-state index contributed by atoms with van der Waals surface area (Å²) in [5, 5.41) is 10.3. The van der Waals surface area contributed by atoms with Crippen LogP contribution in [0.15, 0.2) is 0 Å². The molecule has 7 heteroatoms. The summed E-state index contributed by atoms with van der Waals surface area (Å²) < 4.78 is 23.8. The Kier molecular flexibility index (Phi) is 16.9. The molecule has 164 valence electrons. The van der Waals surface area contributed by atoms with Gasteiger partial charge in [0.2, 0.25) is 0 Å². The topological polar surface area (TPSA) is 60.4 Å². The monoisotopic (exact) mass is 407 g/mol. The van der Waals surface area contributed by atoms with Crippen molar-refractivity contribution in [2.75, 3.05) is 39.5 Å². The summed E-state index contributed by atoms with van der Waals surface area (Å²) in [4.78, 5) is 2.29. The van der Waals surface area contributed by atoms with Gasteiger partial charge in [0.25, 0.3) is 0 Å². The van der Waals surface area contributed by atoms with Gasteiger partial charge in [-0.2, -0.15) is 0 Å². The van der Waals surface area contributed by atoms with E-state index in [0.29, 0.717) is 26.4 Å². The average Bonchev–Trinajstić information content (AvgIpc) is 2.63. The third-order valence-electron chi connectivity index (χ3n) is 4.38. The zero-order valence-corrected chi connectivity index (χ0v) is 19.7. The minimum absolute atomic E-state index is 0.259. The van der Waals surface area contributed by atoms with Gasteiger partial charge in [-0.15, -0.1) is 0 Å². The fourth-order valence-corrected chi connectivity index (χ4v) is 5.71. The minimum Gasteiger partial charge on any atom is -0.389 e. The number of aliphatic hydroxyl groups is 1. The molecule has 0 aromatic heterocycles. The Hall–Kier alpha value is -0.0231. The maximum atomic E-state index is 10.3. The fourth-order valence-electron chi connectivity index (χ4n) is 3.13. The second-order valence-corrected chi connectivity index (χ2v) is 9.56.